The van der Waals surface area contributed by atoms with Crippen LogP contribution in [0.4, 0.5) is 5.82 Å². The normalized spacial score (nSPS) is 12.3. The molecule has 0 amide bonds. The van der Waals surface area contributed by atoms with E-state index in [4.69, 9.17) is 9.15 Å². The lowest BCUT2D eigenvalue weighted by Crippen LogP contribution is -2.18. The van der Waals surface area contributed by atoms with Crippen molar-refractivity contribution in [3.05, 3.63) is 54.6 Å². The Hall–Kier alpha value is -2.49. The fourth-order valence-corrected chi connectivity index (χ4v) is 2.40. The van der Waals surface area contributed by atoms with Crippen molar-refractivity contribution in [2.45, 2.75) is 19.4 Å². The van der Waals surface area contributed by atoms with Crippen LogP contribution >= 0.6 is 0 Å². The molecule has 0 aliphatic heterocycles. The van der Waals surface area contributed by atoms with Crippen LogP contribution in [0.3, 0.4) is 0 Å². The summed E-state index contributed by atoms with van der Waals surface area (Å²) in [7, 11) is 1.67. The van der Waals surface area contributed by atoms with E-state index in [9.17, 15) is 0 Å². The summed E-state index contributed by atoms with van der Waals surface area (Å²) in [5.41, 5.74) is 0. The molecule has 0 radical (unpaired) electrons. The van der Waals surface area contributed by atoms with Crippen LogP contribution in [0.25, 0.3) is 10.8 Å². The Morgan fingerprint density at radius 2 is 2.19 bits per heavy atom. The summed E-state index contributed by atoms with van der Waals surface area (Å²) < 4.78 is 10.7. The number of pyridine rings is 1. The summed E-state index contributed by atoms with van der Waals surface area (Å²) in [4.78, 5) is 4.45. The molecule has 0 aliphatic carbocycles. The van der Waals surface area contributed by atoms with E-state index in [2.05, 4.69) is 17.2 Å². The van der Waals surface area contributed by atoms with Crippen molar-refractivity contribution in [2.24, 2.45) is 0 Å². The maximum atomic E-state index is 5.39. The molecule has 108 valence electrons. The lowest BCUT2D eigenvalue weighted by atomic mass is 10.1. The van der Waals surface area contributed by atoms with Crippen molar-refractivity contribution in [2.75, 3.05) is 12.4 Å². The van der Waals surface area contributed by atoms with Crippen molar-refractivity contribution in [1.29, 1.82) is 0 Å². The number of hydrogen-bond donors (Lipinski definition) is 1. The quantitative estimate of drug-likeness (QED) is 0.771. The van der Waals surface area contributed by atoms with E-state index < -0.39 is 0 Å². The minimum absolute atomic E-state index is 0.223. The van der Waals surface area contributed by atoms with Crippen LogP contribution < -0.4 is 10.1 Å². The molecule has 0 aliphatic rings. The summed E-state index contributed by atoms with van der Waals surface area (Å²) in [5.74, 6) is 2.66. The molecule has 0 saturated heterocycles. The zero-order valence-electron chi connectivity index (χ0n) is 12.2. The van der Waals surface area contributed by atoms with Crippen LogP contribution in [0.1, 0.15) is 12.7 Å². The van der Waals surface area contributed by atoms with Crippen LogP contribution in [0.5, 0.6) is 5.75 Å². The number of nitrogens with zero attached hydrogens (tertiary/aromatic N) is 1. The molecule has 1 unspecified atom stereocenters. The predicted molar refractivity (Wildman–Crippen MR) is 83.8 cm³/mol. The van der Waals surface area contributed by atoms with E-state index in [1.807, 2.05) is 42.6 Å². The number of hydrogen-bond acceptors (Lipinski definition) is 4. The summed E-state index contributed by atoms with van der Waals surface area (Å²) in [6.07, 6.45) is 4.33. The Morgan fingerprint density at radius 1 is 1.29 bits per heavy atom. The largest absolute Gasteiger partial charge is 0.497 e. The zero-order valence-corrected chi connectivity index (χ0v) is 12.2. The van der Waals surface area contributed by atoms with Crippen LogP contribution in [0.15, 0.2) is 53.3 Å². The highest BCUT2D eigenvalue weighted by Gasteiger charge is 2.09. The molecule has 2 aromatic heterocycles. The summed E-state index contributed by atoms with van der Waals surface area (Å²) in [6, 6.07) is 12.1. The second-order valence-corrected chi connectivity index (χ2v) is 5.08. The Kier molecular flexibility index (Phi) is 3.77. The van der Waals surface area contributed by atoms with Gasteiger partial charge in [-0.15, -0.1) is 0 Å². The molecule has 0 bridgehead atoms. The maximum Gasteiger partial charge on any atom is 0.134 e. The van der Waals surface area contributed by atoms with Crippen LogP contribution in [-0.4, -0.2) is 18.1 Å². The average Bonchev–Trinajstić information content (AvgIpc) is 3.00. The van der Waals surface area contributed by atoms with Crippen molar-refractivity contribution >= 4 is 16.6 Å². The van der Waals surface area contributed by atoms with Gasteiger partial charge in [0.25, 0.3) is 0 Å². The van der Waals surface area contributed by atoms with Gasteiger partial charge in [0.1, 0.15) is 17.3 Å². The van der Waals surface area contributed by atoms with Crippen molar-refractivity contribution in [3.63, 3.8) is 0 Å². The summed E-state index contributed by atoms with van der Waals surface area (Å²) >= 11 is 0. The second-order valence-electron chi connectivity index (χ2n) is 5.08. The maximum absolute atomic E-state index is 5.39. The molecule has 1 aromatic carbocycles. The minimum Gasteiger partial charge on any atom is -0.497 e. The first-order valence-electron chi connectivity index (χ1n) is 6.98. The van der Waals surface area contributed by atoms with Gasteiger partial charge in [-0.2, -0.15) is 0 Å². The number of aromatic nitrogens is 1. The lowest BCUT2D eigenvalue weighted by molar-refractivity contribution is 0.415. The molecule has 4 nitrogen and oxygen atoms in total. The van der Waals surface area contributed by atoms with Gasteiger partial charge in [0, 0.05) is 24.0 Å². The first-order chi connectivity index (χ1) is 10.3. The van der Waals surface area contributed by atoms with Crippen LogP contribution in [0.2, 0.25) is 0 Å². The monoisotopic (exact) mass is 282 g/mol. The van der Waals surface area contributed by atoms with Gasteiger partial charge in [-0.3, -0.25) is 0 Å². The number of furan rings is 1. The fourth-order valence-electron chi connectivity index (χ4n) is 2.40. The molecule has 3 rings (SSSR count). The topological polar surface area (TPSA) is 47.3 Å². The fraction of sp³-hybridized carbons (Fsp3) is 0.235. The van der Waals surface area contributed by atoms with Crippen LogP contribution in [-0.2, 0) is 6.42 Å². The third kappa shape index (κ3) is 2.99. The predicted octanol–water partition coefficient (Wildman–Crippen LogP) is 3.88. The van der Waals surface area contributed by atoms with Gasteiger partial charge >= 0.3 is 0 Å². The van der Waals surface area contributed by atoms with Gasteiger partial charge in [-0.1, -0.05) is 6.07 Å². The molecular weight excluding hydrogens is 264 g/mol. The third-order valence-corrected chi connectivity index (χ3v) is 3.44. The number of rotatable bonds is 5. The highest BCUT2D eigenvalue weighted by molar-refractivity contribution is 5.92. The molecule has 1 N–H and O–H groups in total. The van der Waals surface area contributed by atoms with Gasteiger partial charge in [-0.25, -0.2) is 4.98 Å². The second kappa shape index (κ2) is 5.87. The highest BCUT2D eigenvalue weighted by Crippen LogP contribution is 2.26. The molecule has 4 heteroatoms. The number of benzene rings is 1. The van der Waals surface area contributed by atoms with Gasteiger partial charge in [0.05, 0.1) is 13.4 Å². The van der Waals surface area contributed by atoms with E-state index >= 15 is 0 Å². The minimum atomic E-state index is 0.223. The molecule has 2 heterocycles. The van der Waals surface area contributed by atoms with Crippen molar-refractivity contribution in [3.8, 4) is 5.75 Å². The van der Waals surface area contributed by atoms with E-state index in [0.717, 1.165) is 34.5 Å². The zero-order chi connectivity index (χ0) is 14.7. The van der Waals surface area contributed by atoms with Crippen molar-refractivity contribution in [1.82, 2.24) is 4.98 Å². The van der Waals surface area contributed by atoms with Crippen LogP contribution in [0, 0.1) is 0 Å². The summed E-state index contributed by atoms with van der Waals surface area (Å²) in [6.45, 7) is 2.11. The van der Waals surface area contributed by atoms with E-state index in [1.54, 1.807) is 13.4 Å². The first-order valence-corrected chi connectivity index (χ1v) is 6.98. The molecule has 0 fully saturated rings. The third-order valence-electron chi connectivity index (χ3n) is 3.44. The Balaban J connectivity index is 1.85. The van der Waals surface area contributed by atoms with Gasteiger partial charge < -0.3 is 14.5 Å². The Labute approximate surface area is 123 Å². The summed E-state index contributed by atoms with van der Waals surface area (Å²) in [5, 5.41) is 5.64. The number of ether oxygens (including phenoxy) is 1. The molecule has 0 saturated carbocycles. The smallest absolute Gasteiger partial charge is 0.134 e. The first kappa shape index (κ1) is 13.5. The molecular formula is C17H18N2O2. The lowest BCUT2D eigenvalue weighted by Gasteiger charge is -2.15. The SMILES string of the molecule is COc1ccc2ccnc(NC(C)Cc3ccco3)c2c1. The molecule has 3 aromatic rings. The molecule has 1 atom stereocenters. The standard InChI is InChI=1S/C17H18N2O2/c1-12(10-15-4-3-9-21-15)19-17-16-11-14(20-2)6-5-13(16)7-8-18-17/h3-9,11-12H,10H2,1-2H3,(H,18,19). The highest BCUT2D eigenvalue weighted by atomic mass is 16.5. The van der Waals surface area contributed by atoms with Gasteiger partial charge in [0.2, 0.25) is 0 Å². The number of fused-ring (bicyclic) bond motifs is 1. The molecule has 0 spiro atoms. The Bertz CT molecular complexity index is 723. The van der Waals surface area contributed by atoms with E-state index in [-0.39, 0.29) is 6.04 Å². The number of anilines is 1. The van der Waals surface area contributed by atoms with E-state index in [0.29, 0.717) is 0 Å². The number of methoxy groups -OCH3 is 1. The molecule has 21 heavy (non-hydrogen) atoms. The van der Waals surface area contributed by atoms with Crippen molar-refractivity contribution < 1.29 is 9.15 Å². The van der Waals surface area contributed by atoms with Gasteiger partial charge in [0.15, 0.2) is 0 Å². The van der Waals surface area contributed by atoms with Gasteiger partial charge in [-0.05, 0) is 42.6 Å². The Morgan fingerprint density at radius 3 is 2.95 bits per heavy atom. The average molecular weight is 282 g/mol. The van der Waals surface area contributed by atoms with E-state index in [1.165, 1.54) is 0 Å². The number of nitrogens with one attached hydrogen (secondary N) is 1.